The highest BCUT2D eigenvalue weighted by Gasteiger charge is 2.24. The van der Waals surface area contributed by atoms with Gasteiger partial charge in [-0.2, -0.15) is 0 Å². The molecule has 0 aliphatic carbocycles. The van der Waals surface area contributed by atoms with Crippen molar-refractivity contribution in [3.8, 4) is 0 Å². The molecular formula is C13H28N2O. The van der Waals surface area contributed by atoms with E-state index in [2.05, 4.69) is 31.1 Å². The molecule has 3 nitrogen and oxygen atoms in total. The molecule has 1 rings (SSSR count). The molecule has 96 valence electrons. The van der Waals surface area contributed by atoms with E-state index in [9.17, 15) is 0 Å². The summed E-state index contributed by atoms with van der Waals surface area (Å²) in [5.41, 5.74) is 0. The Bertz CT molecular complexity index is 167. The van der Waals surface area contributed by atoms with Crippen molar-refractivity contribution >= 4 is 0 Å². The normalized spacial score (nSPS) is 22.7. The van der Waals surface area contributed by atoms with Gasteiger partial charge < -0.3 is 10.1 Å². The Kier molecular flexibility index (Phi) is 7.01. The summed E-state index contributed by atoms with van der Waals surface area (Å²) < 4.78 is 5.53. The van der Waals surface area contributed by atoms with Crippen molar-refractivity contribution in [3.05, 3.63) is 0 Å². The SMILES string of the molecule is CCCC(NC)C(CC)N1CCCOCC1. The second kappa shape index (κ2) is 8.04. The van der Waals surface area contributed by atoms with Gasteiger partial charge in [-0.05, 0) is 26.3 Å². The molecule has 0 aromatic rings. The summed E-state index contributed by atoms with van der Waals surface area (Å²) in [4.78, 5) is 2.61. The fourth-order valence-corrected chi connectivity index (χ4v) is 2.73. The third-order valence-corrected chi connectivity index (χ3v) is 3.58. The van der Waals surface area contributed by atoms with E-state index in [0.29, 0.717) is 12.1 Å². The minimum atomic E-state index is 0.632. The monoisotopic (exact) mass is 228 g/mol. The molecule has 16 heavy (non-hydrogen) atoms. The van der Waals surface area contributed by atoms with Crippen LogP contribution in [0.15, 0.2) is 0 Å². The first kappa shape index (κ1) is 13.9. The molecule has 0 aromatic heterocycles. The zero-order valence-corrected chi connectivity index (χ0v) is 11.2. The second-order valence-corrected chi connectivity index (χ2v) is 4.66. The van der Waals surface area contributed by atoms with E-state index in [1.54, 1.807) is 0 Å². The van der Waals surface area contributed by atoms with Crippen LogP contribution in [-0.4, -0.2) is 50.3 Å². The average Bonchev–Trinajstić information content (AvgIpc) is 2.58. The van der Waals surface area contributed by atoms with Crippen LogP contribution >= 0.6 is 0 Å². The molecule has 1 fully saturated rings. The van der Waals surface area contributed by atoms with Gasteiger partial charge in [-0.1, -0.05) is 20.3 Å². The molecule has 0 bridgehead atoms. The van der Waals surface area contributed by atoms with Crippen molar-refractivity contribution in [1.29, 1.82) is 0 Å². The molecule has 1 aliphatic heterocycles. The van der Waals surface area contributed by atoms with E-state index in [1.807, 2.05) is 0 Å². The molecule has 1 saturated heterocycles. The van der Waals surface area contributed by atoms with Gasteiger partial charge in [-0.25, -0.2) is 0 Å². The van der Waals surface area contributed by atoms with Crippen molar-refractivity contribution in [2.75, 3.05) is 33.4 Å². The number of nitrogens with zero attached hydrogens (tertiary/aromatic N) is 1. The molecule has 0 spiro atoms. The molecule has 1 N–H and O–H groups in total. The summed E-state index contributed by atoms with van der Waals surface area (Å²) in [6, 6.07) is 1.31. The van der Waals surface area contributed by atoms with Gasteiger partial charge in [0.1, 0.15) is 0 Å². The number of ether oxygens (including phenoxy) is 1. The van der Waals surface area contributed by atoms with Gasteiger partial charge in [0, 0.05) is 31.8 Å². The van der Waals surface area contributed by atoms with Crippen LogP contribution in [0.2, 0.25) is 0 Å². The summed E-state index contributed by atoms with van der Waals surface area (Å²) in [6.45, 7) is 8.70. The van der Waals surface area contributed by atoms with E-state index in [0.717, 1.165) is 19.8 Å². The quantitative estimate of drug-likeness (QED) is 0.751. The third kappa shape index (κ3) is 4.04. The highest BCUT2D eigenvalue weighted by Crippen LogP contribution is 2.15. The summed E-state index contributed by atoms with van der Waals surface area (Å²) in [6.07, 6.45) is 4.93. The summed E-state index contributed by atoms with van der Waals surface area (Å²) in [5.74, 6) is 0. The largest absolute Gasteiger partial charge is 0.380 e. The van der Waals surface area contributed by atoms with Gasteiger partial charge in [0.2, 0.25) is 0 Å². The first-order valence-corrected chi connectivity index (χ1v) is 6.82. The molecule has 0 amide bonds. The Morgan fingerprint density at radius 2 is 2.06 bits per heavy atom. The minimum Gasteiger partial charge on any atom is -0.380 e. The van der Waals surface area contributed by atoms with Gasteiger partial charge in [-0.15, -0.1) is 0 Å². The van der Waals surface area contributed by atoms with E-state index in [1.165, 1.54) is 32.2 Å². The van der Waals surface area contributed by atoms with Gasteiger partial charge >= 0.3 is 0 Å². The Labute approximate surface area is 101 Å². The zero-order valence-electron chi connectivity index (χ0n) is 11.2. The predicted octanol–water partition coefficient (Wildman–Crippen LogP) is 1.88. The standard InChI is InChI=1S/C13H28N2O/c1-4-7-12(14-3)13(5-2)15-8-6-10-16-11-9-15/h12-14H,4-11H2,1-3H3. The summed E-state index contributed by atoms with van der Waals surface area (Å²) >= 11 is 0. The van der Waals surface area contributed by atoms with Crippen LogP contribution in [0.4, 0.5) is 0 Å². The van der Waals surface area contributed by atoms with Crippen molar-refractivity contribution < 1.29 is 4.74 Å². The maximum atomic E-state index is 5.53. The Morgan fingerprint density at radius 1 is 1.25 bits per heavy atom. The molecular weight excluding hydrogens is 200 g/mol. The van der Waals surface area contributed by atoms with Gasteiger partial charge in [0.15, 0.2) is 0 Å². The minimum absolute atomic E-state index is 0.632. The highest BCUT2D eigenvalue weighted by atomic mass is 16.5. The number of hydrogen-bond acceptors (Lipinski definition) is 3. The number of nitrogens with one attached hydrogen (secondary N) is 1. The Morgan fingerprint density at radius 3 is 2.69 bits per heavy atom. The molecule has 1 heterocycles. The lowest BCUT2D eigenvalue weighted by atomic mass is 9.99. The van der Waals surface area contributed by atoms with E-state index >= 15 is 0 Å². The maximum absolute atomic E-state index is 5.53. The molecule has 0 saturated carbocycles. The van der Waals surface area contributed by atoms with Crippen LogP contribution < -0.4 is 5.32 Å². The van der Waals surface area contributed by atoms with Crippen LogP contribution in [0.1, 0.15) is 39.5 Å². The van der Waals surface area contributed by atoms with Crippen molar-refractivity contribution in [1.82, 2.24) is 10.2 Å². The highest BCUT2D eigenvalue weighted by molar-refractivity contribution is 4.83. The van der Waals surface area contributed by atoms with Gasteiger partial charge in [0.25, 0.3) is 0 Å². The van der Waals surface area contributed by atoms with Crippen LogP contribution in [0, 0.1) is 0 Å². The molecule has 3 heteroatoms. The Hall–Kier alpha value is -0.120. The Balaban J connectivity index is 2.54. The van der Waals surface area contributed by atoms with Gasteiger partial charge in [-0.3, -0.25) is 4.90 Å². The smallest absolute Gasteiger partial charge is 0.0593 e. The predicted molar refractivity (Wildman–Crippen MR) is 68.8 cm³/mol. The van der Waals surface area contributed by atoms with E-state index < -0.39 is 0 Å². The first-order chi connectivity index (χ1) is 7.83. The fourth-order valence-electron chi connectivity index (χ4n) is 2.73. The average molecular weight is 228 g/mol. The molecule has 2 unspecified atom stereocenters. The first-order valence-electron chi connectivity index (χ1n) is 6.82. The molecule has 0 aromatic carbocycles. The molecule has 2 atom stereocenters. The zero-order chi connectivity index (χ0) is 11.8. The van der Waals surface area contributed by atoms with Crippen molar-refractivity contribution in [2.45, 2.75) is 51.6 Å². The van der Waals surface area contributed by atoms with Gasteiger partial charge in [0.05, 0.1) is 6.61 Å². The number of hydrogen-bond donors (Lipinski definition) is 1. The van der Waals surface area contributed by atoms with E-state index in [-0.39, 0.29) is 0 Å². The van der Waals surface area contributed by atoms with Crippen LogP contribution in [0.3, 0.4) is 0 Å². The van der Waals surface area contributed by atoms with E-state index in [4.69, 9.17) is 4.74 Å². The summed E-state index contributed by atoms with van der Waals surface area (Å²) in [7, 11) is 2.09. The third-order valence-electron chi connectivity index (χ3n) is 3.58. The second-order valence-electron chi connectivity index (χ2n) is 4.66. The van der Waals surface area contributed by atoms with Crippen molar-refractivity contribution in [2.24, 2.45) is 0 Å². The fraction of sp³-hybridized carbons (Fsp3) is 1.00. The molecule has 0 radical (unpaired) electrons. The van der Waals surface area contributed by atoms with Crippen molar-refractivity contribution in [3.63, 3.8) is 0 Å². The maximum Gasteiger partial charge on any atom is 0.0593 e. The lowest BCUT2D eigenvalue weighted by Gasteiger charge is -2.35. The van der Waals surface area contributed by atoms with Crippen LogP contribution in [0.5, 0.6) is 0 Å². The summed E-state index contributed by atoms with van der Waals surface area (Å²) in [5, 5.41) is 3.49. The van der Waals surface area contributed by atoms with Crippen LogP contribution in [0.25, 0.3) is 0 Å². The lowest BCUT2D eigenvalue weighted by Crippen LogP contribution is -2.49. The van der Waals surface area contributed by atoms with Crippen LogP contribution in [-0.2, 0) is 4.74 Å². The number of rotatable bonds is 6. The molecule has 1 aliphatic rings. The lowest BCUT2D eigenvalue weighted by molar-refractivity contribution is 0.118. The topological polar surface area (TPSA) is 24.5 Å². The number of likely N-dealkylation sites (N-methyl/N-ethyl adjacent to an activating group) is 1.